The number of pyridine rings is 1. The van der Waals surface area contributed by atoms with E-state index in [-0.39, 0.29) is 17.9 Å². The van der Waals surface area contributed by atoms with E-state index in [4.69, 9.17) is 10.7 Å². The minimum Gasteiger partial charge on any atom is -0.347 e. The summed E-state index contributed by atoms with van der Waals surface area (Å²) in [5.74, 6) is 1.31. The van der Waals surface area contributed by atoms with E-state index in [0.717, 1.165) is 29.1 Å². The smallest absolute Gasteiger partial charge is 0.223 e. The Balaban J connectivity index is 1.40. The lowest BCUT2D eigenvalue weighted by Gasteiger charge is -2.43. The van der Waals surface area contributed by atoms with Crippen molar-refractivity contribution >= 4 is 17.2 Å². The van der Waals surface area contributed by atoms with Gasteiger partial charge in [0.2, 0.25) is 5.91 Å². The predicted octanol–water partition coefficient (Wildman–Crippen LogP) is 3.54. The van der Waals surface area contributed by atoms with E-state index >= 15 is 0 Å². The van der Waals surface area contributed by atoms with Crippen LogP contribution in [-0.4, -0.2) is 21.9 Å². The third-order valence-corrected chi connectivity index (χ3v) is 7.04. The second-order valence-corrected chi connectivity index (χ2v) is 8.62. The molecule has 3 unspecified atom stereocenters. The van der Waals surface area contributed by atoms with Crippen LogP contribution in [0.1, 0.15) is 50.1 Å². The SMILES string of the molecule is CC(NC(=O)C1CC2CCCC(C1)C2N)c1nc(-c2ccncc2)cs1. The summed E-state index contributed by atoms with van der Waals surface area (Å²) in [7, 11) is 0. The Kier molecular flexibility index (Phi) is 5.05. The number of thiazole rings is 1. The fraction of sp³-hybridized carbons (Fsp3) is 0.550. The first kappa shape index (κ1) is 17.6. The number of nitrogens with one attached hydrogen (secondary N) is 1. The average Bonchev–Trinajstić information content (AvgIpc) is 3.12. The van der Waals surface area contributed by atoms with Crippen LogP contribution in [0, 0.1) is 17.8 Å². The molecule has 2 aliphatic carbocycles. The Hall–Kier alpha value is -1.79. The van der Waals surface area contributed by atoms with Crippen LogP contribution in [0.15, 0.2) is 29.9 Å². The topological polar surface area (TPSA) is 80.9 Å². The molecule has 3 N–H and O–H groups in total. The van der Waals surface area contributed by atoms with Gasteiger partial charge in [-0.15, -0.1) is 11.3 Å². The van der Waals surface area contributed by atoms with Gasteiger partial charge in [0.15, 0.2) is 0 Å². The number of fused-ring (bicyclic) bond motifs is 2. The van der Waals surface area contributed by atoms with Crippen LogP contribution in [0.25, 0.3) is 11.3 Å². The van der Waals surface area contributed by atoms with Gasteiger partial charge in [-0.2, -0.15) is 0 Å². The van der Waals surface area contributed by atoms with E-state index < -0.39 is 0 Å². The second kappa shape index (κ2) is 7.45. The molecule has 0 aromatic carbocycles. The summed E-state index contributed by atoms with van der Waals surface area (Å²) in [4.78, 5) is 21.6. The minimum absolute atomic E-state index is 0.0708. The van der Waals surface area contributed by atoms with Gasteiger partial charge < -0.3 is 11.1 Å². The van der Waals surface area contributed by atoms with Gasteiger partial charge in [-0.25, -0.2) is 4.98 Å². The van der Waals surface area contributed by atoms with Crippen molar-refractivity contribution in [3.8, 4) is 11.3 Å². The zero-order valence-electron chi connectivity index (χ0n) is 15.1. The number of hydrogen-bond donors (Lipinski definition) is 2. The molecule has 6 heteroatoms. The Morgan fingerprint density at radius 1 is 1.27 bits per heavy atom. The maximum absolute atomic E-state index is 12.8. The largest absolute Gasteiger partial charge is 0.347 e. The lowest BCUT2D eigenvalue weighted by atomic mass is 9.65. The molecule has 26 heavy (non-hydrogen) atoms. The van der Waals surface area contributed by atoms with Gasteiger partial charge in [-0.05, 0) is 56.6 Å². The van der Waals surface area contributed by atoms with E-state index in [1.807, 2.05) is 24.4 Å². The summed E-state index contributed by atoms with van der Waals surface area (Å²) in [6.45, 7) is 2.02. The summed E-state index contributed by atoms with van der Waals surface area (Å²) in [6, 6.07) is 4.13. The van der Waals surface area contributed by atoms with Crippen molar-refractivity contribution in [1.29, 1.82) is 0 Å². The molecular formula is C20H26N4OS. The molecular weight excluding hydrogens is 344 g/mol. The molecule has 5 nitrogen and oxygen atoms in total. The lowest BCUT2D eigenvalue weighted by molar-refractivity contribution is -0.128. The standard InChI is InChI=1S/C20H26N4OS/c1-12(20-24-17(11-26-20)13-5-7-22-8-6-13)23-19(25)16-9-14-3-2-4-15(10-16)18(14)21/h5-8,11-12,14-16,18H,2-4,9-10,21H2,1H3,(H,23,25). The van der Waals surface area contributed by atoms with Crippen molar-refractivity contribution in [1.82, 2.24) is 15.3 Å². The third kappa shape index (κ3) is 3.53. The normalized spacial score (nSPS) is 29.2. The van der Waals surface area contributed by atoms with Crippen molar-refractivity contribution < 1.29 is 4.79 Å². The quantitative estimate of drug-likeness (QED) is 0.863. The Morgan fingerprint density at radius 2 is 1.96 bits per heavy atom. The molecule has 2 heterocycles. The van der Waals surface area contributed by atoms with Crippen LogP contribution < -0.4 is 11.1 Å². The maximum Gasteiger partial charge on any atom is 0.223 e. The van der Waals surface area contributed by atoms with E-state index in [1.54, 1.807) is 23.7 Å². The fourth-order valence-corrected chi connectivity index (χ4v) is 5.37. The molecule has 2 aromatic heterocycles. The summed E-state index contributed by atoms with van der Waals surface area (Å²) in [5, 5.41) is 6.17. The van der Waals surface area contributed by atoms with Gasteiger partial charge in [0.1, 0.15) is 5.01 Å². The number of carbonyl (C=O) groups is 1. The average molecular weight is 371 g/mol. The van der Waals surface area contributed by atoms with E-state index in [1.165, 1.54) is 19.3 Å². The van der Waals surface area contributed by atoms with Gasteiger partial charge >= 0.3 is 0 Å². The zero-order valence-corrected chi connectivity index (χ0v) is 15.9. The van der Waals surface area contributed by atoms with Crippen molar-refractivity contribution in [2.45, 2.75) is 51.1 Å². The van der Waals surface area contributed by atoms with Crippen LogP contribution in [0.4, 0.5) is 0 Å². The molecule has 138 valence electrons. The molecule has 2 saturated carbocycles. The van der Waals surface area contributed by atoms with E-state index in [2.05, 4.69) is 10.3 Å². The Morgan fingerprint density at radius 3 is 2.65 bits per heavy atom. The number of rotatable bonds is 4. The van der Waals surface area contributed by atoms with Crippen molar-refractivity contribution in [2.24, 2.45) is 23.5 Å². The number of nitrogens with two attached hydrogens (primary N) is 1. The van der Waals surface area contributed by atoms with Crippen molar-refractivity contribution in [2.75, 3.05) is 0 Å². The zero-order chi connectivity index (χ0) is 18.1. The molecule has 2 aromatic rings. The van der Waals surface area contributed by atoms with Crippen LogP contribution >= 0.6 is 11.3 Å². The minimum atomic E-state index is -0.0708. The summed E-state index contributed by atoms with van der Waals surface area (Å²) in [5.41, 5.74) is 8.34. The first-order valence-corrected chi connectivity index (χ1v) is 10.4. The highest BCUT2D eigenvalue weighted by molar-refractivity contribution is 7.10. The molecule has 2 bridgehead atoms. The number of aromatic nitrogens is 2. The molecule has 4 rings (SSSR count). The highest BCUT2D eigenvalue weighted by Gasteiger charge is 2.40. The van der Waals surface area contributed by atoms with Gasteiger partial charge in [0, 0.05) is 35.3 Å². The molecule has 3 atom stereocenters. The van der Waals surface area contributed by atoms with Crippen LogP contribution in [0.5, 0.6) is 0 Å². The first-order chi connectivity index (χ1) is 12.6. The molecule has 0 aliphatic heterocycles. The van der Waals surface area contributed by atoms with Crippen molar-refractivity contribution in [3.05, 3.63) is 34.9 Å². The number of nitrogens with zero attached hydrogens (tertiary/aromatic N) is 2. The lowest BCUT2D eigenvalue weighted by Crippen LogP contribution is -2.49. The van der Waals surface area contributed by atoms with E-state index in [0.29, 0.717) is 17.9 Å². The van der Waals surface area contributed by atoms with Gasteiger partial charge in [0.05, 0.1) is 11.7 Å². The summed E-state index contributed by atoms with van der Waals surface area (Å²) >= 11 is 1.59. The predicted molar refractivity (Wildman–Crippen MR) is 103 cm³/mol. The fourth-order valence-electron chi connectivity index (χ4n) is 4.54. The van der Waals surface area contributed by atoms with Gasteiger partial charge in [0.25, 0.3) is 0 Å². The maximum atomic E-state index is 12.8. The molecule has 2 fully saturated rings. The summed E-state index contributed by atoms with van der Waals surface area (Å²) in [6.07, 6.45) is 9.04. The Labute approximate surface area is 158 Å². The third-order valence-electron chi connectivity index (χ3n) is 6.01. The number of amides is 1. The monoisotopic (exact) mass is 370 g/mol. The molecule has 0 radical (unpaired) electrons. The summed E-state index contributed by atoms with van der Waals surface area (Å²) < 4.78 is 0. The number of hydrogen-bond acceptors (Lipinski definition) is 5. The highest BCUT2D eigenvalue weighted by atomic mass is 32.1. The van der Waals surface area contributed by atoms with Crippen LogP contribution in [0.2, 0.25) is 0 Å². The molecule has 0 saturated heterocycles. The van der Waals surface area contributed by atoms with Gasteiger partial charge in [-0.3, -0.25) is 9.78 Å². The van der Waals surface area contributed by atoms with Crippen LogP contribution in [-0.2, 0) is 4.79 Å². The first-order valence-electron chi connectivity index (χ1n) is 9.53. The van der Waals surface area contributed by atoms with Gasteiger partial charge in [-0.1, -0.05) is 6.42 Å². The molecule has 0 spiro atoms. The van der Waals surface area contributed by atoms with E-state index in [9.17, 15) is 4.79 Å². The highest BCUT2D eigenvalue weighted by Crippen LogP contribution is 2.42. The van der Waals surface area contributed by atoms with Crippen molar-refractivity contribution in [3.63, 3.8) is 0 Å². The number of carbonyl (C=O) groups excluding carboxylic acids is 1. The Bertz CT molecular complexity index is 748. The molecule has 1 amide bonds. The van der Waals surface area contributed by atoms with Crippen LogP contribution in [0.3, 0.4) is 0 Å². The second-order valence-electron chi connectivity index (χ2n) is 7.73. The molecule has 2 aliphatic rings.